The number of ether oxygens (including phenoxy) is 2. The molecule has 0 amide bonds. The molecule has 5 heteroatoms. The predicted molar refractivity (Wildman–Crippen MR) is 120 cm³/mol. The third-order valence-electron chi connectivity index (χ3n) is 11.5. The second-order valence-corrected chi connectivity index (χ2v) is 12.9. The maximum atomic E-state index is 11.8. The molecule has 13 atom stereocenters. The van der Waals surface area contributed by atoms with Crippen LogP contribution < -0.4 is 0 Å². The number of hydrogen-bond acceptors (Lipinski definition) is 5. The molecular formula is C27H42O5. The lowest BCUT2D eigenvalue weighted by molar-refractivity contribution is -0.282. The van der Waals surface area contributed by atoms with Gasteiger partial charge in [0.05, 0.1) is 31.0 Å². The lowest BCUT2D eigenvalue weighted by Gasteiger charge is -2.59. The Bertz CT molecular complexity index is 802. The fraction of sp³-hybridized carbons (Fsp3) is 0.926. The van der Waals surface area contributed by atoms with Gasteiger partial charge in [0.15, 0.2) is 5.79 Å². The van der Waals surface area contributed by atoms with Crippen LogP contribution in [-0.2, 0) is 9.47 Å². The van der Waals surface area contributed by atoms with Gasteiger partial charge in [-0.1, -0.05) is 39.3 Å². The van der Waals surface area contributed by atoms with Crippen molar-refractivity contribution < 1.29 is 24.8 Å². The standard InChI is InChI=1S/C27H42O5/c1-14-7-10-27(31-13-14)15(2)21-24(32-27)23(30)22-18-6-5-16-11-17(28)12-20(29)26(16,4)19(18)8-9-25(21,22)3/h5,14-15,17-24,28-30H,6-13H2,1-4H3. The second-order valence-electron chi connectivity index (χ2n) is 12.9. The largest absolute Gasteiger partial charge is 0.393 e. The van der Waals surface area contributed by atoms with E-state index in [1.165, 1.54) is 5.57 Å². The van der Waals surface area contributed by atoms with Crippen LogP contribution >= 0.6 is 0 Å². The molecule has 0 bridgehead atoms. The van der Waals surface area contributed by atoms with E-state index in [-0.39, 0.29) is 28.8 Å². The molecule has 32 heavy (non-hydrogen) atoms. The SMILES string of the molecule is CC1CCC2(OC1)OC1C(O)C3C4CC=C5CC(O)CC(O)C5(C)C4CCC3(C)C1C2C. The van der Waals surface area contributed by atoms with Crippen LogP contribution in [-0.4, -0.2) is 52.1 Å². The molecule has 5 nitrogen and oxygen atoms in total. The Morgan fingerprint density at radius 2 is 1.81 bits per heavy atom. The zero-order valence-corrected chi connectivity index (χ0v) is 20.2. The number of rotatable bonds is 0. The molecule has 13 unspecified atom stereocenters. The quantitative estimate of drug-likeness (QED) is 0.495. The van der Waals surface area contributed by atoms with Crippen LogP contribution in [0.15, 0.2) is 11.6 Å². The van der Waals surface area contributed by atoms with Gasteiger partial charge in [-0.3, -0.25) is 0 Å². The van der Waals surface area contributed by atoms with Gasteiger partial charge in [0, 0.05) is 30.1 Å². The summed E-state index contributed by atoms with van der Waals surface area (Å²) in [5.74, 6) is 1.54. The number of aliphatic hydroxyl groups excluding tert-OH is 3. The minimum absolute atomic E-state index is 0.0292. The predicted octanol–water partition coefficient (Wildman–Crippen LogP) is 3.66. The van der Waals surface area contributed by atoms with Crippen molar-refractivity contribution >= 4 is 0 Å². The summed E-state index contributed by atoms with van der Waals surface area (Å²) >= 11 is 0. The van der Waals surface area contributed by atoms with Gasteiger partial charge >= 0.3 is 0 Å². The van der Waals surface area contributed by atoms with E-state index in [2.05, 4.69) is 33.8 Å². The van der Waals surface area contributed by atoms with Crippen molar-refractivity contribution in [3.8, 4) is 0 Å². The van der Waals surface area contributed by atoms with Crippen molar-refractivity contribution in [2.45, 2.75) is 103 Å². The fourth-order valence-electron chi connectivity index (χ4n) is 9.76. The van der Waals surface area contributed by atoms with E-state index in [9.17, 15) is 15.3 Å². The molecule has 0 radical (unpaired) electrons. The van der Waals surface area contributed by atoms with E-state index in [1.54, 1.807) is 0 Å². The maximum Gasteiger partial charge on any atom is 0.171 e. The third-order valence-corrected chi connectivity index (χ3v) is 11.5. The van der Waals surface area contributed by atoms with Gasteiger partial charge < -0.3 is 24.8 Å². The summed E-state index contributed by atoms with van der Waals surface area (Å²) in [7, 11) is 0. The highest BCUT2D eigenvalue weighted by Gasteiger charge is 2.72. The van der Waals surface area contributed by atoms with Crippen LogP contribution in [0.4, 0.5) is 0 Å². The minimum atomic E-state index is -0.519. The highest BCUT2D eigenvalue weighted by Crippen LogP contribution is 2.70. The van der Waals surface area contributed by atoms with Crippen LogP contribution in [0.5, 0.6) is 0 Å². The van der Waals surface area contributed by atoms with Crippen LogP contribution in [0, 0.1) is 46.3 Å². The molecule has 1 spiro atoms. The van der Waals surface area contributed by atoms with Crippen LogP contribution in [0.1, 0.15) is 72.6 Å². The summed E-state index contributed by atoms with van der Waals surface area (Å²) in [6, 6.07) is 0. The Labute approximate surface area is 192 Å². The molecular weight excluding hydrogens is 404 g/mol. The lowest BCUT2D eigenvalue weighted by atomic mass is 9.46. The zero-order valence-electron chi connectivity index (χ0n) is 20.2. The molecule has 2 heterocycles. The first-order valence-electron chi connectivity index (χ1n) is 13.2. The number of allylic oxidation sites excluding steroid dienone is 1. The molecule has 3 N–H and O–H groups in total. The molecule has 180 valence electrons. The lowest BCUT2D eigenvalue weighted by Crippen LogP contribution is -2.57. The number of aliphatic hydroxyl groups is 3. The highest BCUT2D eigenvalue weighted by molar-refractivity contribution is 5.29. The molecule has 3 saturated carbocycles. The van der Waals surface area contributed by atoms with E-state index in [0.717, 1.165) is 38.7 Å². The van der Waals surface area contributed by atoms with Gasteiger partial charge in [-0.25, -0.2) is 0 Å². The van der Waals surface area contributed by atoms with Gasteiger partial charge in [0.25, 0.3) is 0 Å². The van der Waals surface area contributed by atoms with Gasteiger partial charge in [-0.15, -0.1) is 0 Å². The summed E-state index contributed by atoms with van der Waals surface area (Å²) in [6.07, 6.45) is 7.02. The van der Waals surface area contributed by atoms with Crippen molar-refractivity contribution in [1.82, 2.24) is 0 Å². The molecule has 4 aliphatic carbocycles. The first-order chi connectivity index (χ1) is 15.1. The molecule has 6 aliphatic rings. The Balaban J connectivity index is 1.33. The Hall–Kier alpha value is -0.460. The Morgan fingerprint density at radius 3 is 2.53 bits per heavy atom. The maximum absolute atomic E-state index is 11.8. The third kappa shape index (κ3) is 2.64. The summed E-state index contributed by atoms with van der Waals surface area (Å²) < 4.78 is 13.1. The van der Waals surface area contributed by atoms with Gasteiger partial charge in [-0.2, -0.15) is 0 Å². The molecule has 2 aliphatic heterocycles. The summed E-state index contributed by atoms with van der Waals surface area (Å²) in [5.41, 5.74) is 0.994. The van der Waals surface area contributed by atoms with Crippen molar-refractivity contribution in [3.05, 3.63) is 11.6 Å². The zero-order chi connectivity index (χ0) is 22.6. The molecule has 0 aromatic heterocycles. The van der Waals surface area contributed by atoms with E-state index in [1.807, 2.05) is 0 Å². The first-order valence-corrected chi connectivity index (χ1v) is 13.2. The average Bonchev–Trinajstić information content (AvgIpc) is 3.15. The van der Waals surface area contributed by atoms with Crippen molar-refractivity contribution in [1.29, 1.82) is 0 Å². The summed E-state index contributed by atoms with van der Waals surface area (Å²) in [6.45, 7) is 9.93. The molecule has 0 aromatic carbocycles. The monoisotopic (exact) mass is 446 g/mol. The molecule has 6 rings (SSSR count). The van der Waals surface area contributed by atoms with E-state index >= 15 is 0 Å². The fourth-order valence-corrected chi connectivity index (χ4v) is 9.76. The van der Waals surface area contributed by atoms with Crippen molar-refractivity contribution in [2.75, 3.05) is 6.61 Å². The molecule has 0 aromatic rings. The smallest absolute Gasteiger partial charge is 0.171 e. The summed E-state index contributed by atoms with van der Waals surface area (Å²) in [4.78, 5) is 0. The average molecular weight is 447 g/mol. The van der Waals surface area contributed by atoms with E-state index < -0.39 is 24.1 Å². The molecule has 5 fully saturated rings. The highest BCUT2D eigenvalue weighted by atomic mass is 16.7. The van der Waals surface area contributed by atoms with E-state index in [0.29, 0.717) is 36.5 Å². The first kappa shape index (κ1) is 22.0. The van der Waals surface area contributed by atoms with Crippen molar-refractivity contribution in [2.24, 2.45) is 46.3 Å². The van der Waals surface area contributed by atoms with Crippen LogP contribution in [0.2, 0.25) is 0 Å². The van der Waals surface area contributed by atoms with Gasteiger partial charge in [0.2, 0.25) is 0 Å². The normalized spacial score (nSPS) is 61.5. The minimum Gasteiger partial charge on any atom is -0.393 e. The number of hydrogen-bond donors (Lipinski definition) is 3. The van der Waals surface area contributed by atoms with Crippen molar-refractivity contribution in [3.63, 3.8) is 0 Å². The Morgan fingerprint density at radius 1 is 1.03 bits per heavy atom. The second kappa shape index (κ2) is 7.04. The van der Waals surface area contributed by atoms with Crippen LogP contribution in [0.25, 0.3) is 0 Å². The number of fused-ring (bicyclic) bond motifs is 7. The molecule has 2 saturated heterocycles. The van der Waals surface area contributed by atoms with Gasteiger partial charge in [-0.05, 0) is 61.2 Å². The van der Waals surface area contributed by atoms with Gasteiger partial charge in [0.1, 0.15) is 0 Å². The Kier molecular flexibility index (Phi) is 4.84. The van der Waals surface area contributed by atoms with Crippen LogP contribution in [0.3, 0.4) is 0 Å². The van der Waals surface area contributed by atoms with E-state index in [4.69, 9.17) is 9.47 Å². The topological polar surface area (TPSA) is 79.2 Å². The summed E-state index contributed by atoms with van der Waals surface area (Å²) in [5, 5.41) is 33.2.